The van der Waals surface area contributed by atoms with Crippen LogP contribution in [0.4, 0.5) is 5.69 Å². The van der Waals surface area contributed by atoms with Crippen LogP contribution in [0.1, 0.15) is 16.1 Å². The van der Waals surface area contributed by atoms with E-state index in [2.05, 4.69) is 15.5 Å². The average Bonchev–Trinajstić information content (AvgIpc) is 3.35. The van der Waals surface area contributed by atoms with Crippen molar-refractivity contribution in [1.82, 2.24) is 10.1 Å². The van der Waals surface area contributed by atoms with Gasteiger partial charge in [-0.1, -0.05) is 83.5 Å². The van der Waals surface area contributed by atoms with Crippen molar-refractivity contribution < 1.29 is 9.32 Å². The molecule has 5 aromatic rings. The van der Waals surface area contributed by atoms with Gasteiger partial charge < -0.3 is 14.8 Å². The van der Waals surface area contributed by atoms with Crippen LogP contribution in [0, 0.1) is 6.92 Å². The van der Waals surface area contributed by atoms with Crippen LogP contribution in [0.25, 0.3) is 33.4 Å². The van der Waals surface area contributed by atoms with Crippen molar-refractivity contribution in [2.45, 2.75) is 6.92 Å². The Bertz CT molecular complexity index is 1400. The molecule has 1 amide bonds. The van der Waals surface area contributed by atoms with E-state index in [1.165, 1.54) is 0 Å². The van der Waals surface area contributed by atoms with Gasteiger partial charge in [0.05, 0.1) is 16.4 Å². The lowest BCUT2D eigenvalue weighted by Crippen LogP contribution is -2.14. The molecule has 2 heterocycles. The van der Waals surface area contributed by atoms with Crippen LogP contribution in [0.3, 0.4) is 0 Å². The van der Waals surface area contributed by atoms with E-state index in [0.29, 0.717) is 33.3 Å². The standard InChI is InChI=1S/C25H18ClN3O2/c1-15-21(23(29-31-15)17-11-5-7-13-19(17)26)25(30)28-24-18-12-6-8-14-20(18)27-22(24)16-9-3-2-4-10-16/h2-14,27H,1H3,(H,28,30). The van der Waals surface area contributed by atoms with Crippen molar-refractivity contribution in [3.05, 3.63) is 95.2 Å². The summed E-state index contributed by atoms with van der Waals surface area (Å²) in [4.78, 5) is 16.9. The molecule has 0 saturated heterocycles. The van der Waals surface area contributed by atoms with Gasteiger partial charge in [0.1, 0.15) is 17.0 Å². The van der Waals surface area contributed by atoms with E-state index >= 15 is 0 Å². The van der Waals surface area contributed by atoms with E-state index in [4.69, 9.17) is 16.1 Å². The third-order valence-electron chi connectivity index (χ3n) is 5.23. The Hall–Kier alpha value is -3.83. The molecule has 0 aliphatic carbocycles. The highest BCUT2D eigenvalue weighted by atomic mass is 35.5. The minimum Gasteiger partial charge on any atom is -0.360 e. The molecule has 0 bridgehead atoms. The smallest absolute Gasteiger partial charge is 0.261 e. The monoisotopic (exact) mass is 427 g/mol. The number of anilines is 1. The Kier molecular flexibility index (Phi) is 4.81. The van der Waals surface area contributed by atoms with Gasteiger partial charge in [-0.2, -0.15) is 0 Å². The molecule has 0 aliphatic rings. The second-order valence-electron chi connectivity index (χ2n) is 7.18. The molecule has 31 heavy (non-hydrogen) atoms. The van der Waals surface area contributed by atoms with Gasteiger partial charge in [0.2, 0.25) is 0 Å². The number of halogens is 1. The molecular formula is C25H18ClN3O2. The van der Waals surface area contributed by atoms with Gasteiger partial charge in [-0.3, -0.25) is 4.79 Å². The van der Waals surface area contributed by atoms with Crippen molar-refractivity contribution in [2.75, 3.05) is 5.32 Å². The molecule has 0 saturated carbocycles. The number of nitrogens with one attached hydrogen (secondary N) is 2. The van der Waals surface area contributed by atoms with Gasteiger partial charge in [-0.25, -0.2) is 0 Å². The highest BCUT2D eigenvalue weighted by molar-refractivity contribution is 6.33. The average molecular weight is 428 g/mol. The van der Waals surface area contributed by atoms with E-state index in [0.717, 1.165) is 22.2 Å². The second kappa shape index (κ2) is 7.78. The normalized spacial score (nSPS) is 11.0. The van der Waals surface area contributed by atoms with E-state index in [9.17, 15) is 4.79 Å². The molecule has 0 spiro atoms. The number of hydrogen-bond acceptors (Lipinski definition) is 3. The van der Waals surface area contributed by atoms with Crippen LogP contribution < -0.4 is 5.32 Å². The summed E-state index contributed by atoms with van der Waals surface area (Å²) in [6, 6.07) is 25.0. The van der Waals surface area contributed by atoms with E-state index in [-0.39, 0.29) is 5.91 Å². The van der Waals surface area contributed by atoms with Gasteiger partial charge in [0.25, 0.3) is 5.91 Å². The highest BCUT2D eigenvalue weighted by Gasteiger charge is 2.25. The molecular weight excluding hydrogens is 410 g/mol. The quantitative estimate of drug-likeness (QED) is 0.335. The number of carbonyl (C=O) groups is 1. The summed E-state index contributed by atoms with van der Waals surface area (Å²) in [5.41, 5.74) is 4.88. The number of benzene rings is 3. The third kappa shape index (κ3) is 3.39. The van der Waals surface area contributed by atoms with Crippen molar-refractivity contribution in [3.8, 4) is 22.5 Å². The number of para-hydroxylation sites is 1. The van der Waals surface area contributed by atoms with Crippen LogP contribution in [0.15, 0.2) is 83.4 Å². The fourth-order valence-corrected chi connectivity index (χ4v) is 3.97. The topological polar surface area (TPSA) is 70.9 Å². The van der Waals surface area contributed by atoms with Crippen molar-refractivity contribution in [1.29, 1.82) is 0 Å². The lowest BCUT2D eigenvalue weighted by Gasteiger charge is -2.09. The number of aryl methyl sites for hydroxylation is 1. The summed E-state index contributed by atoms with van der Waals surface area (Å²) in [5, 5.41) is 8.62. The fraction of sp³-hybridized carbons (Fsp3) is 0.0400. The van der Waals surface area contributed by atoms with Crippen LogP contribution in [0.2, 0.25) is 5.02 Å². The fourth-order valence-electron chi connectivity index (χ4n) is 3.75. The summed E-state index contributed by atoms with van der Waals surface area (Å²) in [5.74, 6) is 0.115. The Balaban J connectivity index is 1.62. The molecule has 0 fully saturated rings. The van der Waals surface area contributed by atoms with Gasteiger partial charge in [-0.15, -0.1) is 0 Å². The molecule has 0 radical (unpaired) electrons. The number of hydrogen-bond donors (Lipinski definition) is 2. The summed E-state index contributed by atoms with van der Waals surface area (Å²) in [7, 11) is 0. The van der Waals surface area contributed by atoms with E-state index in [1.807, 2.05) is 72.8 Å². The first-order chi connectivity index (χ1) is 15.1. The molecule has 2 N–H and O–H groups in total. The Labute approximate surface area is 183 Å². The molecule has 3 aromatic carbocycles. The number of nitrogens with zero attached hydrogens (tertiary/aromatic N) is 1. The first-order valence-electron chi connectivity index (χ1n) is 9.82. The van der Waals surface area contributed by atoms with E-state index < -0.39 is 0 Å². The molecule has 2 aromatic heterocycles. The number of amides is 1. The number of H-pyrrole nitrogens is 1. The highest BCUT2D eigenvalue weighted by Crippen LogP contribution is 2.36. The SMILES string of the molecule is Cc1onc(-c2ccccc2Cl)c1C(=O)Nc1c(-c2ccccc2)[nH]c2ccccc12. The summed E-state index contributed by atoms with van der Waals surface area (Å²) >= 11 is 6.35. The zero-order chi connectivity index (χ0) is 21.4. The summed E-state index contributed by atoms with van der Waals surface area (Å²) in [6.45, 7) is 1.72. The lowest BCUT2D eigenvalue weighted by molar-refractivity contribution is 0.102. The van der Waals surface area contributed by atoms with Crippen molar-refractivity contribution >= 4 is 34.1 Å². The summed E-state index contributed by atoms with van der Waals surface area (Å²) < 4.78 is 5.37. The third-order valence-corrected chi connectivity index (χ3v) is 5.56. The lowest BCUT2D eigenvalue weighted by atomic mass is 10.0. The van der Waals surface area contributed by atoms with Crippen LogP contribution >= 0.6 is 11.6 Å². The summed E-state index contributed by atoms with van der Waals surface area (Å²) in [6.07, 6.45) is 0. The minimum atomic E-state index is -0.310. The predicted molar refractivity (Wildman–Crippen MR) is 123 cm³/mol. The largest absolute Gasteiger partial charge is 0.360 e. The molecule has 6 heteroatoms. The van der Waals surface area contributed by atoms with Gasteiger partial charge in [0.15, 0.2) is 0 Å². The van der Waals surface area contributed by atoms with Gasteiger partial charge in [0, 0.05) is 22.0 Å². The van der Waals surface area contributed by atoms with Crippen molar-refractivity contribution in [2.24, 2.45) is 0 Å². The molecule has 0 unspecified atom stereocenters. The second-order valence-corrected chi connectivity index (χ2v) is 7.59. The van der Waals surface area contributed by atoms with Gasteiger partial charge >= 0.3 is 0 Å². The number of rotatable bonds is 4. The number of aromatic amines is 1. The zero-order valence-electron chi connectivity index (χ0n) is 16.6. The maximum Gasteiger partial charge on any atom is 0.261 e. The van der Waals surface area contributed by atoms with Gasteiger partial charge in [-0.05, 0) is 19.1 Å². The zero-order valence-corrected chi connectivity index (χ0v) is 17.4. The first kappa shape index (κ1) is 19.2. The number of aromatic nitrogens is 2. The van der Waals surface area contributed by atoms with E-state index in [1.54, 1.807) is 13.0 Å². The Morgan fingerprint density at radius 1 is 0.968 bits per heavy atom. The minimum absolute atomic E-state index is 0.310. The van der Waals surface area contributed by atoms with Crippen LogP contribution in [0.5, 0.6) is 0 Å². The van der Waals surface area contributed by atoms with Crippen molar-refractivity contribution in [3.63, 3.8) is 0 Å². The molecule has 5 rings (SSSR count). The van der Waals surface area contributed by atoms with Crippen LogP contribution in [-0.2, 0) is 0 Å². The van der Waals surface area contributed by atoms with Crippen LogP contribution in [-0.4, -0.2) is 16.0 Å². The molecule has 0 aliphatic heterocycles. The first-order valence-corrected chi connectivity index (χ1v) is 10.2. The predicted octanol–water partition coefficient (Wildman–Crippen LogP) is 6.70. The Morgan fingerprint density at radius 3 is 2.48 bits per heavy atom. The number of fused-ring (bicyclic) bond motifs is 1. The molecule has 0 atom stereocenters. The molecule has 5 nitrogen and oxygen atoms in total. The maximum absolute atomic E-state index is 13.5. The Morgan fingerprint density at radius 2 is 1.68 bits per heavy atom. The number of carbonyl (C=O) groups excluding carboxylic acids is 1. The maximum atomic E-state index is 13.5. The molecule has 152 valence electrons.